The highest BCUT2D eigenvalue weighted by molar-refractivity contribution is 14.1. The van der Waals surface area contributed by atoms with Crippen LogP contribution in [0.5, 0.6) is 0 Å². The summed E-state index contributed by atoms with van der Waals surface area (Å²) in [5, 5.41) is 0. The van der Waals surface area contributed by atoms with E-state index in [2.05, 4.69) is 59.7 Å². The van der Waals surface area contributed by atoms with Gasteiger partial charge in [-0.25, -0.2) is 0 Å². The zero-order valence-corrected chi connectivity index (χ0v) is 18.8. The lowest BCUT2D eigenvalue weighted by Crippen LogP contribution is -2.49. The normalized spacial score (nSPS) is 27.0. The fourth-order valence-electron chi connectivity index (χ4n) is 5.04. The molecule has 2 aliphatic heterocycles. The molecule has 0 amide bonds. The first-order valence-corrected chi connectivity index (χ1v) is 11.4. The number of benzene rings is 2. The van der Waals surface area contributed by atoms with Crippen molar-refractivity contribution in [3.05, 3.63) is 68.8 Å². The zero-order valence-electron chi connectivity index (χ0n) is 16.6. The lowest BCUT2D eigenvalue weighted by molar-refractivity contribution is -0.154. The molecule has 4 unspecified atom stereocenters. The van der Waals surface area contributed by atoms with E-state index in [-0.39, 0.29) is 23.8 Å². The molecule has 2 aromatic rings. The standard InChI is InChI=1S/C24H28INO2/c1-3-17-9-10-18(13-21(17)25)20-14-19-11-12-22(26(19)2)23(20)24(27)28-15-16-7-5-4-6-8-16/h4-10,13,19-20,22-23H,3,11-12,14-15H2,1-2H3. The monoisotopic (exact) mass is 489 g/mol. The van der Waals surface area contributed by atoms with Gasteiger partial charge < -0.3 is 4.74 Å². The summed E-state index contributed by atoms with van der Waals surface area (Å²) in [7, 11) is 2.18. The van der Waals surface area contributed by atoms with Crippen molar-refractivity contribution in [1.29, 1.82) is 0 Å². The highest BCUT2D eigenvalue weighted by atomic mass is 127. The van der Waals surface area contributed by atoms with Gasteiger partial charge in [0.1, 0.15) is 6.61 Å². The molecule has 2 heterocycles. The molecule has 0 aromatic heterocycles. The molecule has 4 heteroatoms. The maximum absolute atomic E-state index is 13.2. The van der Waals surface area contributed by atoms with Gasteiger partial charge in [0.15, 0.2) is 0 Å². The van der Waals surface area contributed by atoms with Crippen molar-refractivity contribution in [3.8, 4) is 0 Å². The number of hydrogen-bond acceptors (Lipinski definition) is 3. The Balaban J connectivity index is 1.59. The minimum atomic E-state index is -0.0873. The summed E-state index contributed by atoms with van der Waals surface area (Å²) in [6.45, 7) is 2.55. The summed E-state index contributed by atoms with van der Waals surface area (Å²) < 4.78 is 7.13. The van der Waals surface area contributed by atoms with Gasteiger partial charge in [0, 0.05) is 21.6 Å². The van der Waals surface area contributed by atoms with Gasteiger partial charge >= 0.3 is 5.97 Å². The lowest BCUT2D eigenvalue weighted by atomic mass is 9.76. The van der Waals surface area contributed by atoms with Crippen molar-refractivity contribution in [2.45, 2.75) is 57.2 Å². The molecule has 0 spiro atoms. The summed E-state index contributed by atoms with van der Waals surface area (Å²) in [6.07, 6.45) is 4.36. The molecular weight excluding hydrogens is 461 g/mol. The average molecular weight is 489 g/mol. The highest BCUT2D eigenvalue weighted by Crippen LogP contribution is 2.47. The molecule has 2 aromatic carbocycles. The van der Waals surface area contributed by atoms with Gasteiger partial charge in [-0.05, 0) is 78.1 Å². The van der Waals surface area contributed by atoms with Gasteiger partial charge in [-0.1, -0.05) is 49.4 Å². The molecule has 3 nitrogen and oxygen atoms in total. The number of carbonyl (C=O) groups is 1. The van der Waals surface area contributed by atoms with E-state index in [0.717, 1.165) is 24.8 Å². The highest BCUT2D eigenvalue weighted by Gasteiger charge is 2.49. The number of esters is 1. The number of halogens is 1. The van der Waals surface area contributed by atoms with Crippen molar-refractivity contribution in [2.75, 3.05) is 7.05 Å². The lowest BCUT2D eigenvalue weighted by Gasteiger charge is -2.42. The molecule has 4 rings (SSSR count). The van der Waals surface area contributed by atoms with Crippen LogP contribution in [-0.4, -0.2) is 30.0 Å². The van der Waals surface area contributed by atoms with Crippen LogP contribution in [0.1, 0.15) is 48.8 Å². The van der Waals surface area contributed by atoms with Gasteiger partial charge in [-0.3, -0.25) is 9.69 Å². The summed E-state index contributed by atoms with van der Waals surface area (Å²) in [5.74, 6) is 0.118. The number of carbonyl (C=O) groups excluding carboxylic acids is 1. The quantitative estimate of drug-likeness (QED) is 0.429. The van der Waals surface area contributed by atoms with Crippen LogP contribution in [0.4, 0.5) is 0 Å². The predicted octanol–water partition coefficient (Wildman–Crippen LogP) is 5.16. The first-order chi connectivity index (χ1) is 13.6. The van der Waals surface area contributed by atoms with Crippen LogP contribution in [0.2, 0.25) is 0 Å². The van der Waals surface area contributed by atoms with Crippen molar-refractivity contribution < 1.29 is 9.53 Å². The second-order valence-electron chi connectivity index (χ2n) is 8.13. The molecule has 2 aliphatic rings. The number of aryl methyl sites for hydroxylation is 1. The minimum absolute atomic E-state index is 0.0411. The number of hydrogen-bond donors (Lipinski definition) is 0. The molecule has 28 heavy (non-hydrogen) atoms. The van der Waals surface area contributed by atoms with Crippen LogP contribution in [0.15, 0.2) is 48.5 Å². The van der Waals surface area contributed by atoms with Crippen LogP contribution < -0.4 is 0 Å². The van der Waals surface area contributed by atoms with E-state index in [4.69, 9.17) is 4.74 Å². The van der Waals surface area contributed by atoms with Gasteiger partial charge in [0.25, 0.3) is 0 Å². The van der Waals surface area contributed by atoms with E-state index in [1.54, 1.807) is 0 Å². The van der Waals surface area contributed by atoms with Crippen LogP contribution in [0.3, 0.4) is 0 Å². The Bertz CT molecular complexity index is 838. The Kier molecular flexibility index (Phi) is 6.07. The molecule has 0 aliphatic carbocycles. The molecule has 2 fully saturated rings. The van der Waals surface area contributed by atoms with Gasteiger partial charge in [0.2, 0.25) is 0 Å². The summed E-state index contributed by atoms with van der Waals surface area (Å²) in [6, 6.07) is 17.6. The van der Waals surface area contributed by atoms with E-state index in [1.165, 1.54) is 21.1 Å². The molecule has 0 N–H and O–H groups in total. The van der Waals surface area contributed by atoms with E-state index in [1.807, 2.05) is 30.3 Å². The predicted molar refractivity (Wildman–Crippen MR) is 120 cm³/mol. The SMILES string of the molecule is CCc1ccc(C2CC3CCC(C2C(=O)OCc2ccccc2)N3C)cc1I. The third-order valence-corrected chi connectivity index (χ3v) is 7.66. The average Bonchev–Trinajstić information content (AvgIpc) is 2.95. The van der Waals surface area contributed by atoms with Crippen molar-refractivity contribution >= 4 is 28.6 Å². The number of fused-ring (bicyclic) bond motifs is 2. The first kappa shape index (κ1) is 19.9. The molecule has 148 valence electrons. The van der Waals surface area contributed by atoms with E-state index in [0.29, 0.717) is 12.6 Å². The Morgan fingerprint density at radius 1 is 1.18 bits per heavy atom. The smallest absolute Gasteiger partial charge is 0.311 e. The molecular formula is C24H28INO2. The third-order valence-electron chi connectivity index (χ3n) is 6.65. The summed E-state index contributed by atoms with van der Waals surface area (Å²) in [4.78, 5) is 15.7. The number of nitrogens with zero attached hydrogens (tertiary/aromatic N) is 1. The van der Waals surface area contributed by atoms with E-state index in [9.17, 15) is 4.79 Å². The third kappa shape index (κ3) is 3.86. The number of rotatable bonds is 5. The fraction of sp³-hybridized carbons (Fsp3) is 0.458. The molecule has 2 saturated heterocycles. The molecule has 2 bridgehead atoms. The van der Waals surface area contributed by atoms with E-state index >= 15 is 0 Å². The first-order valence-electron chi connectivity index (χ1n) is 10.3. The number of piperidine rings is 1. The Labute approximate surface area is 181 Å². The van der Waals surface area contributed by atoms with E-state index < -0.39 is 0 Å². The Morgan fingerprint density at radius 2 is 1.96 bits per heavy atom. The summed E-state index contributed by atoms with van der Waals surface area (Å²) in [5.41, 5.74) is 3.72. The second-order valence-corrected chi connectivity index (χ2v) is 9.29. The largest absolute Gasteiger partial charge is 0.461 e. The zero-order chi connectivity index (χ0) is 19.7. The maximum atomic E-state index is 13.2. The van der Waals surface area contributed by atoms with Crippen molar-refractivity contribution in [2.24, 2.45) is 5.92 Å². The van der Waals surface area contributed by atoms with Crippen molar-refractivity contribution in [3.63, 3.8) is 0 Å². The summed E-state index contributed by atoms with van der Waals surface area (Å²) >= 11 is 2.43. The maximum Gasteiger partial charge on any atom is 0.311 e. The topological polar surface area (TPSA) is 29.5 Å². The van der Waals surface area contributed by atoms with Crippen LogP contribution >= 0.6 is 22.6 Å². The Hall–Kier alpha value is -1.40. The van der Waals surface area contributed by atoms with Gasteiger partial charge in [0.05, 0.1) is 5.92 Å². The molecule has 0 radical (unpaired) electrons. The van der Waals surface area contributed by atoms with Gasteiger partial charge in [-0.2, -0.15) is 0 Å². The van der Waals surface area contributed by atoms with Crippen LogP contribution in [0, 0.1) is 9.49 Å². The molecule has 4 atom stereocenters. The van der Waals surface area contributed by atoms with Crippen molar-refractivity contribution in [1.82, 2.24) is 4.90 Å². The van der Waals surface area contributed by atoms with Gasteiger partial charge in [-0.15, -0.1) is 0 Å². The minimum Gasteiger partial charge on any atom is -0.461 e. The Morgan fingerprint density at radius 3 is 2.68 bits per heavy atom. The number of ether oxygens (including phenoxy) is 1. The van der Waals surface area contributed by atoms with Crippen LogP contribution in [0.25, 0.3) is 0 Å². The molecule has 0 saturated carbocycles. The fourth-order valence-corrected chi connectivity index (χ4v) is 5.96. The van der Waals surface area contributed by atoms with Crippen LogP contribution in [-0.2, 0) is 22.6 Å². The second kappa shape index (κ2) is 8.54.